The van der Waals surface area contributed by atoms with Gasteiger partial charge in [-0.15, -0.1) is 0 Å². The van der Waals surface area contributed by atoms with Gasteiger partial charge in [0.15, 0.2) is 6.10 Å². The van der Waals surface area contributed by atoms with Gasteiger partial charge in [-0.05, 0) is 64.2 Å². The van der Waals surface area contributed by atoms with Crippen LogP contribution in [0.3, 0.4) is 0 Å². The molecular formula is C43H83NO8S. The molecule has 0 bridgehead atoms. The zero-order chi connectivity index (χ0) is 39.9. The minimum atomic E-state index is -4.41. The summed E-state index contributed by atoms with van der Waals surface area (Å²) in [4.78, 5) is 24.9. The summed E-state index contributed by atoms with van der Waals surface area (Å²) in [6, 6.07) is 0. The molecule has 0 N–H and O–H groups in total. The van der Waals surface area contributed by atoms with Gasteiger partial charge in [0.1, 0.15) is 13.2 Å². The predicted octanol–water partition coefficient (Wildman–Crippen LogP) is 11.3. The number of unbranched alkanes of at least 4 members (excludes halogenated alkanes) is 22. The van der Waals surface area contributed by atoms with Crippen LogP contribution in [-0.2, 0) is 33.6 Å². The molecule has 0 aromatic heterocycles. The smallest absolute Gasteiger partial charge is 0.306 e. The van der Waals surface area contributed by atoms with E-state index in [2.05, 4.69) is 63.5 Å². The molecule has 314 valence electrons. The summed E-state index contributed by atoms with van der Waals surface area (Å²) in [5.74, 6) is -0.350. The summed E-state index contributed by atoms with van der Waals surface area (Å²) in [5.41, 5.74) is 0. The molecule has 0 aromatic rings. The van der Waals surface area contributed by atoms with Crippen molar-refractivity contribution in [2.45, 2.75) is 200 Å². The van der Waals surface area contributed by atoms with Crippen LogP contribution in [0.1, 0.15) is 194 Å². The third kappa shape index (κ3) is 48.2. The van der Waals surface area contributed by atoms with E-state index in [-0.39, 0.29) is 18.5 Å². The molecule has 9 nitrogen and oxygen atoms in total. The molecule has 0 aromatic carbocycles. The molecule has 0 saturated heterocycles. The Morgan fingerprint density at radius 1 is 0.566 bits per heavy atom. The first-order chi connectivity index (χ1) is 25.3. The topological polar surface area (TPSA) is 119 Å². The van der Waals surface area contributed by atoms with Gasteiger partial charge in [0, 0.05) is 12.8 Å². The zero-order valence-corrected chi connectivity index (χ0v) is 36.0. The average Bonchev–Trinajstić information content (AvgIpc) is 3.10. The lowest BCUT2D eigenvalue weighted by Crippen LogP contribution is -2.45. The lowest BCUT2D eigenvalue weighted by atomic mass is 10.1. The molecule has 1 unspecified atom stereocenters. The minimum Gasteiger partial charge on any atom is -0.726 e. The summed E-state index contributed by atoms with van der Waals surface area (Å²) < 4.78 is 43.0. The highest BCUT2D eigenvalue weighted by molar-refractivity contribution is 7.80. The largest absolute Gasteiger partial charge is 0.726 e. The quantitative estimate of drug-likeness (QED) is 0.0154. The van der Waals surface area contributed by atoms with Gasteiger partial charge in [0.05, 0.1) is 28.3 Å². The van der Waals surface area contributed by atoms with Crippen molar-refractivity contribution in [3.05, 3.63) is 24.3 Å². The van der Waals surface area contributed by atoms with E-state index < -0.39 is 16.5 Å². The Bertz CT molecular complexity index is 991. The standard InChI is InChI=1S/C42H80NO4.CH4O4S/c1-6-8-10-12-14-16-18-20-22-24-26-28-30-32-34-36-41(44)46-39-40(38-43(3,4)5)47-42(45)37-35-33-31-29-27-25-23-21-19-17-15-13-11-9-7-2;1-5-6(2,3)4/h20-23,40H,6-19,24-39H2,1-5H3;1H3,(H,2,3,4)/q+1;/p-1/b22-20-,23-21+;. The molecule has 0 fully saturated rings. The van der Waals surface area contributed by atoms with Crippen molar-refractivity contribution in [2.24, 2.45) is 0 Å². The second-order valence-corrected chi connectivity index (χ2v) is 16.7. The average molecular weight is 774 g/mol. The molecule has 10 heteroatoms. The number of rotatable bonds is 36. The normalized spacial score (nSPS) is 12.6. The second kappa shape index (κ2) is 38.5. The van der Waals surface area contributed by atoms with Crippen molar-refractivity contribution in [1.82, 2.24) is 0 Å². The Morgan fingerprint density at radius 2 is 0.887 bits per heavy atom. The van der Waals surface area contributed by atoms with Crippen LogP contribution < -0.4 is 0 Å². The highest BCUT2D eigenvalue weighted by atomic mass is 32.3. The maximum Gasteiger partial charge on any atom is 0.306 e. The van der Waals surface area contributed by atoms with Crippen molar-refractivity contribution >= 4 is 22.3 Å². The summed E-state index contributed by atoms with van der Waals surface area (Å²) in [6.45, 7) is 5.31. The first-order valence-corrected chi connectivity index (χ1v) is 22.6. The highest BCUT2D eigenvalue weighted by Crippen LogP contribution is 2.13. The van der Waals surface area contributed by atoms with E-state index in [1.54, 1.807) is 0 Å². The lowest BCUT2D eigenvalue weighted by molar-refractivity contribution is -0.873. The fourth-order valence-electron chi connectivity index (χ4n) is 5.92. The van der Waals surface area contributed by atoms with Crippen LogP contribution in [0.15, 0.2) is 24.3 Å². The van der Waals surface area contributed by atoms with Crippen molar-refractivity contribution in [3.8, 4) is 0 Å². The first kappa shape index (κ1) is 53.4. The van der Waals surface area contributed by atoms with Crippen LogP contribution in [0.2, 0.25) is 0 Å². The van der Waals surface area contributed by atoms with E-state index in [0.29, 0.717) is 23.9 Å². The maximum absolute atomic E-state index is 12.6. The number of nitrogens with zero attached hydrogens (tertiary/aromatic N) is 1. The molecular weight excluding hydrogens is 691 g/mol. The molecule has 0 amide bonds. The van der Waals surface area contributed by atoms with Crippen LogP contribution in [0.25, 0.3) is 0 Å². The van der Waals surface area contributed by atoms with Crippen LogP contribution in [0.5, 0.6) is 0 Å². The fourth-order valence-corrected chi connectivity index (χ4v) is 5.92. The Hall–Kier alpha value is -1.75. The van der Waals surface area contributed by atoms with E-state index >= 15 is 0 Å². The number of ether oxygens (including phenoxy) is 2. The monoisotopic (exact) mass is 774 g/mol. The number of carbonyl (C=O) groups is 2. The molecule has 53 heavy (non-hydrogen) atoms. The number of hydrogen-bond donors (Lipinski definition) is 0. The van der Waals surface area contributed by atoms with Crippen LogP contribution >= 0.6 is 0 Å². The number of carbonyl (C=O) groups excluding carboxylic acids is 2. The molecule has 0 rings (SSSR count). The number of allylic oxidation sites excluding steroid dienone is 4. The highest BCUT2D eigenvalue weighted by Gasteiger charge is 2.23. The van der Waals surface area contributed by atoms with Crippen molar-refractivity contribution in [2.75, 3.05) is 41.4 Å². The summed E-state index contributed by atoms with van der Waals surface area (Å²) in [5, 5.41) is 0. The van der Waals surface area contributed by atoms with Crippen molar-refractivity contribution in [3.63, 3.8) is 0 Å². The molecule has 0 aliphatic heterocycles. The molecule has 0 aliphatic rings. The minimum absolute atomic E-state index is 0.150. The Balaban J connectivity index is 0. The number of quaternary nitrogens is 1. The van der Waals surface area contributed by atoms with E-state index in [1.807, 2.05) is 0 Å². The Labute approximate surface area is 327 Å². The third-order valence-corrected chi connectivity index (χ3v) is 9.38. The van der Waals surface area contributed by atoms with Gasteiger partial charge in [0.25, 0.3) is 0 Å². The molecule has 0 radical (unpaired) electrons. The maximum atomic E-state index is 12.6. The fraction of sp³-hybridized carbons (Fsp3) is 0.860. The summed E-state index contributed by atoms with van der Waals surface area (Å²) in [7, 11) is 2.60. The van der Waals surface area contributed by atoms with Crippen molar-refractivity contribution < 1.29 is 40.7 Å². The molecule has 0 spiro atoms. The number of likely N-dealkylation sites (N-methyl/N-ethyl adjacent to an activating group) is 1. The van der Waals surface area contributed by atoms with Crippen LogP contribution in [0, 0.1) is 0 Å². The first-order valence-electron chi connectivity index (χ1n) is 21.3. The zero-order valence-electron chi connectivity index (χ0n) is 35.2. The molecule has 0 saturated carbocycles. The Kier molecular flexibility index (Phi) is 38.8. The Morgan fingerprint density at radius 3 is 1.23 bits per heavy atom. The van der Waals surface area contributed by atoms with Gasteiger partial charge in [-0.3, -0.25) is 13.8 Å². The summed E-state index contributed by atoms with van der Waals surface area (Å²) >= 11 is 0. The molecule has 0 aliphatic carbocycles. The van der Waals surface area contributed by atoms with Gasteiger partial charge in [-0.1, -0.05) is 141 Å². The SMILES string of the molecule is CCCCCCCC/C=C\CCCCCCCC(=O)OCC(C[N+](C)(C)C)OC(=O)CCCCCCC/C=C/CCCCCCCC.COS(=O)(=O)[O-]. The van der Waals surface area contributed by atoms with E-state index in [1.165, 1.54) is 128 Å². The van der Waals surface area contributed by atoms with Crippen LogP contribution in [-0.4, -0.2) is 76.9 Å². The van der Waals surface area contributed by atoms with Crippen LogP contribution in [0.4, 0.5) is 0 Å². The van der Waals surface area contributed by atoms with Gasteiger partial charge >= 0.3 is 11.9 Å². The molecule has 1 atom stereocenters. The molecule has 0 heterocycles. The van der Waals surface area contributed by atoms with Gasteiger partial charge < -0.3 is 18.5 Å². The van der Waals surface area contributed by atoms with Crippen molar-refractivity contribution in [1.29, 1.82) is 0 Å². The van der Waals surface area contributed by atoms with E-state index in [4.69, 9.17) is 9.47 Å². The summed E-state index contributed by atoms with van der Waals surface area (Å²) in [6.07, 6.45) is 42.1. The number of esters is 2. The second-order valence-electron chi connectivity index (χ2n) is 15.5. The van der Waals surface area contributed by atoms with E-state index in [9.17, 15) is 22.6 Å². The van der Waals surface area contributed by atoms with E-state index in [0.717, 1.165) is 45.6 Å². The van der Waals surface area contributed by atoms with Gasteiger partial charge in [0.2, 0.25) is 10.4 Å². The number of hydrogen-bond acceptors (Lipinski definition) is 8. The van der Waals surface area contributed by atoms with Gasteiger partial charge in [-0.25, -0.2) is 8.42 Å². The third-order valence-electron chi connectivity index (χ3n) is 8.97. The predicted molar refractivity (Wildman–Crippen MR) is 219 cm³/mol. The lowest BCUT2D eigenvalue weighted by Gasteiger charge is -2.28. The van der Waals surface area contributed by atoms with Gasteiger partial charge in [-0.2, -0.15) is 0 Å².